The fourth-order valence-corrected chi connectivity index (χ4v) is 2.02. The molecule has 0 aliphatic carbocycles. The van der Waals surface area contributed by atoms with Gasteiger partial charge < -0.3 is 10.5 Å². The maximum absolute atomic E-state index is 5.74. The molecule has 1 atom stereocenters. The van der Waals surface area contributed by atoms with Gasteiger partial charge in [0, 0.05) is 18.2 Å². The summed E-state index contributed by atoms with van der Waals surface area (Å²) in [4.78, 5) is 4.35. The van der Waals surface area contributed by atoms with E-state index in [0.717, 1.165) is 30.9 Å². The highest BCUT2D eigenvalue weighted by molar-refractivity contribution is 5.20. The third-order valence-electron chi connectivity index (χ3n) is 3.10. The molecule has 3 heteroatoms. The van der Waals surface area contributed by atoms with Crippen molar-refractivity contribution < 1.29 is 4.74 Å². The highest BCUT2D eigenvalue weighted by Crippen LogP contribution is 2.11. The Bertz CT molecular complexity index is 322. The summed E-state index contributed by atoms with van der Waals surface area (Å²) in [5.74, 6) is 0.863. The first-order chi connectivity index (χ1) is 9.22. The van der Waals surface area contributed by atoms with Crippen LogP contribution in [-0.2, 0) is 6.42 Å². The number of nitrogens with two attached hydrogens (primary N) is 1. The predicted octanol–water partition coefficient (Wildman–Crippen LogP) is 3.71. The molecule has 0 saturated heterocycles. The zero-order chi connectivity index (χ0) is 13.9. The summed E-state index contributed by atoms with van der Waals surface area (Å²) < 4.78 is 5.68. The van der Waals surface area contributed by atoms with Gasteiger partial charge in [0.25, 0.3) is 0 Å². The van der Waals surface area contributed by atoms with E-state index in [1.54, 1.807) is 6.20 Å². The first kappa shape index (κ1) is 16.0. The van der Waals surface area contributed by atoms with Crippen LogP contribution in [0.5, 0.6) is 5.75 Å². The van der Waals surface area contributed by atoms with Gasteiger partial charge in [0.2, 0.25) is 0 Å². The first-order valence-electron chi connectivity index (χ1n) is 7.55. The average molecular weight is 264 g/mol. The minimum absolute atomic E-state index is 0.155. The topological polar surface area (TPSA) is 48.1 Å². The first-order valence-corrected chi connectivity index (χ1v) is 7.55. The molecule has 0 bridgehead atoms. The highest BCUT2D eigenvalue weighted by atomic mass is 16.5. The van der Waals surface area contributed by atoms with Crippen LogP contribution in [0.25, 0.3) is 0 Å². The highest BCUT2D eigenvalue weighted by Gasteiger charge is 2.00. The summed E-state index contributed by atoms with van der Waals surface area (Å²) >= 11 is 0. The smallest absolute Gasteiger partial charge is 0.137 e. The summed E-state index contributed by atoms with van der Waals surface area (Å²) in [6, 6.07) is 4.14. The molecule has 1 unspecified atom stereocenters. The maximum Gasteiger partial charge on any atom is 0.137 e. The van der Waals surface area contributed by atoms with Crippen molar-refractivity contribution in [3.8, 4) is 5.75 Å². The van der Waals surface area contributed by atoms with Crippen LogP contribution in [0.15, 0.2) is 18.3 Å². The number of rotatable bonds is 10. The Morgan fingerprint density at radius 3 is 2.53 bits per heavy atom. The summed E-state index contributed by atoms with van der Waals surface area (Å²) in [6.45, 7) is 5.02. The van der Waals surface area contributed by atoms with Gasteiger partial charge in [-0.15, -0.1) is 0 Å². The molecular weight excluding hydrogens is 236 g/mol. The number of unbranched alkanes of at least 4 members (excludes halogenated alkanes) is 5. The molecule has 0 radical (unpaired) electrons. The van der Waals surface area contributed by atoms with Crippen molar-refractivity contribution in [3.05, 3.63) is 24.0 Å². The molecule has 0 aromatic carbocycles. The van der Waals surface area contributed by atoms with Crippen LogP contribution < -0.4 is 10.5 Å². The van der Waals surface area contributed by atoms with Gasteiger partial charge in [-0.1, -0.05) is 39.0 Å². The standard InChI is InChI=1S/C16H28N2O/c1-3-4-5-6-7-8-11-19-16-10-9-15(18-13-16)12-14(2)17/h9-10,13-14H,3-8,11-12,17H2,1-2H3. The summed E-state index contributed by atoms with van der Waals surface area (Å²) in [5.41, 5.74) is 6.77. The van der Waals surface area contributed by atoms with Crippen molar-refractivity contribution >= 4 is 0 Å². The normalized spacial score (nSPS) is 12.4. The molecule has 0 spiro atoms. The lowest BCUT2D eigenvalue weighted by Gasteiger charge is -2.08. The Labute approximate surface area is 117 Å². The molecule has 108 valence electrons. The molecule has 0 amide bonds. The van der Waals surface area contributed by atoms with E-state index in [9.17, 15) is 0 Å². The van der Waals surface area contributed by atoms with Gasteiger partial charge in [0.05, 0.1) is 12.8 Å². The predicted molar refractivity (Wildman–Crippen MR) is 80.5 cm³/mol. The van der Waals surface area contributed by atoms with Crippen LogP contribution in [0, 0.1) is 0 Å². The number of hydrogen-bond donors (Lipinski definition) is 1. The quantitative estimate of drug-likeness (QED) is 0.655. The third-order valence-corrected chi connectivity index (χ3v) is 3.10. The lowest BCUT2D eigenvalue weighted by Crippen LogP contribution is -2.18. The van der Waals surface area contributed by atoms with Gasteiger partial charge in [-0.2, -0.15) is 0 Å². The van der Waals surface area contributed by atoms with Crippen molar-refractivity contribution in [3.63, 3.8) is 0 Å². The molecule has 0 aliphatic heterocycles. The van der Waals surface area contributed by atoms with E-state index in [1.807, 2.05) is 19.1 Å². The fourth-order valence-electron chi connectivity index (χ4n) is 2.02. The molecule has 19 heavy (non-hydrogen) atoms. The van der Waals surface area contributed by atoms with Crippen molar-refractivity contribution in [2.75, 3.05) is 6.61 Å². The Morgan fingerprint density at radius 1 is 1.16 bits per heavy atom. The van der Waals surface area contributed by atoms with Crippen LogP contribution in [0.4, 0.5) is 0 Å². The van der Waals surface area contributed by atoms with Gasteiger partial charge in [-0.25, -0.2) is 0 Å². The van der Waals surface area contributed by atoms with Gasteiger partial charge in [-0.3, -0.25) is 4.98 Å². The molecule has 1 aromatic rings. The summed E-state index contributed by atoms with van der Waals surface area (Å²) in [6.07, 6.45) is 10.3. The van der Waals surface area contributed by atoms with E-state index >= 15 is 0 Å². The van der Waals surface area contributed by atoms with Gasteiger partial charge >= 0.3 is 0 Å². The van der Waals surface area contributed by atoms with E-state index in [4.69, 9.17) is 10.5 Å². The molecule has 0 aliphatic rings. The second kappa shape index (κ2) is 9.79. The zero-order valence-electron chi connectivity index (χ0n) is 12.4. The average Bonchev–Trinajstić information content (AvgIpc) is 2.39. The van der Waals surface area contributed by atoms with Crippen LogP contribution >= 0.6 is 0 Å². The van der Waals surface area contributed by atoms with Crippen molar-refractivity contribution in [1.29, 1.82) is 0 Å². The van der Waals surface area contributed by atoms with Gasteiger partial charge in [-0.05, 0) is 25.5 Å². The molecule has 2 N–H and O–H groups in total. The Hall–Kier alpha value is -1.09. The zero-order valence-corrected chi connectivity index (χ0v) is 12.4. The summed E-state index contributed by atoms with van der Waals surface area (Å²) in [7, 11) is 0. The van der Waals surface area contributed by atoms with E-state index in [1.165, 1.54) is 32.1 Å². The second-order valence-corrected chi connectivity index (χ2v) is 5.28. The monoisotopic (exact) mass is 264 g/mol. The second-order valence-electron chi connectivity index (χ2n) is 5.28. The fraction of sp³-hybridized carbons (Fsp3) is 0.688. The van der Waals surface area contributed by atoms with E-state index in [-0.39, 0.29) is 6.04 Å². The van der Waals surface area contributed by atoms with E-state index in [2.05, 4.69) is 11.9 Å². The molecule has 0 saturated carbocycles. The minimum atomic E-state index is 0.155. The van der Waals surface area contributed by atoms with Crippen LogP contribution in [0.3, 0.4) is 0 Å². The molecule has 0 fully saturated rings. The molecular formula is C16H28N2O. The van der Waals surface area contributed by atoms with Crippen molar-refractivity contribution in [2.24, 2.45) is 5.73 Å². The maximum atomic E-state index is 5.74. The lowest BCUT2D eigenvalue weighted by atomic mass is 10.1. The van der Waals surface area contributed by atoms with Crippen molar-refractivity contribution in [2.45, 2.75) is 64.8 Å². The molecule has 1 heterocycles. The number of ether oxygens (including phenoxy) is 1. The Balaban J connectivity index is 2.12. The minimum Gasteiger partial charge on any atom is -0.492 e. The summed E-state index contributed by atoms with van der Waals surface area (Å²) in [5, 5.41) is 0. The van der Waals surface area contributed by atoms with Crippen LogP contribution in [0.1, 0.15) is 58.1 Å². The van der Waals surface area contributed by atoms with Gasteiger partial charge in [0.15, 0.2) is 0 Å². The SMILES string of the molecule is CCCCCCCCOc1ccc(CC(C)N)nc1. The lowest BCUT2D eigenvalue weighted by molar-refractivity contribution is 0.303. The van der Waals surface area contributed by atoms with Crippen LogP contribution in [0.2, 0.25) is 0 Å². The third kappa shape index (κ3) is 7.83. The van der Waals surface area contributed by atoms with Gasteiger partial charge in [0.1, 0.15) is 5.75 Å². The van der Waals surface area contributed by atoms with E-state index < -0.39 is 0 Å². The van der Waals surface area contributed by atoms with Crippen LogP contribution in [-0.4, -0.2) is 17.6 Å². The largest absolute Gasteiger partial charge is 0.492 e. The Morgan fingerprint density at radius 2 is 1.89 bits per heavy atom. The number of aromatic nitrogens is 1. The molecule has 1 rings (SSSR count). The van der Waals surface area contributed by atoms with E-state index in [0.29, 0.717) is 0 Å². The molecule has 3 nitrogen and oxygen atoms in total. The Kier molecular flexibility index (Phi) is 8.23. The number of nitrogens with zero attached hydrogens (tertiary/aromatic N) is 1. The molecule has 1 aromatic heterocycles. The van der Waals surface area contributed by atoms with Crippen molar-refractivity contribution in [1.82, 2.24) is 4.98 Å². The number of hydrogen-bond acceptors (Lipinski definition) is 3. The number of pyridine rings is 1.